The topological polar surface area (TPSA) is 103 Å². The molecule has 3 rings (SSSR count). The minimum Gasteiger partial charge on any atom is -0.502 e. The van der Waals surface area contributed by atoms with Crippen LogP contribution >= 0.6 is 10.8 Å². The van der Waals surface area contributed by atoms with Crippen LogP contribution in [-0.4, -0.2) is 32.5 Å². The van der Waals surface area contributed by atoms with E-state index in [0.717, 1.165) is 11.2 Å². The lowest BCUT2D eigenvalue weighted by Gasteiger charge is -2.36. The first kappa shape index (κ1) is 16.6. The molecule has 130 valence electrons. The zero-order valence-electron chi connectivity index (χ0n) is 12.7. The molecule has 0 saturated carbocycles. The van der Waals surface area contributed by atoms with Gasteiger partial charge in [-0.05, 0) is 18.6 Å². The summed E-state index contributed by atoms with van der Waals surface area (Å²) in [6.07, 6.45) is 0.484. The van der Waals surface area contributed by atoms with Gasteiger partial charge in [0.25, 0.3) is 5.88 Å². The minimum absolute atomic E-state index is 0.0367. The van der Waals surface area contributed by atoms with Gasteiger partial charge in [-0.15, -0.1) is 10.8 Å². The molecule has 1 aromatic carbocycles. The summed E-state index contributed by atoms with van der Waals surface area (Å²) in [6.45, 7) is 1.36. The second-order valence-corrected chi connectivity index (χ2v) is 7.39. The number of carbonyl (C=O) groups is 1. The molecule has 1 aromatic heterocycles. The highest BCUT2D eigenvalue weighted by Crippen LogP contribution is 2.57. The summed E-state index contributed by atoms with van der Waals surface area (Å²) >= 11 is 0. The van der Waals surface area contributed by atoms with E-state index in [1.807, 2.05) is 0 Å². The van der Waals surface area contributed by atoms with Crippen molar-refractivity contribution in [2.45, 2.75) is 13.3 Å². The van der Waals surface area contributed by atoms with E-state index in [-0.39, 0.29) is 35.3 Å². The number of rotatable bonds is 3. The van der Waals surface area contributed by atoms with Crippen molar-refractivity contribution in [3.63, 3.8) is 0 Å². The van der Waals surface area contributed by atoms with Gasteiger partial charge in [-0.1, -0.05) is 12.1 Å². The van der Waals surface area contributed by atoms with Crippen LogP contribution in [0, 0.1) is 5.82 Å². The monoisotopic (exact) mass is 357 g/mol. The number of ether oxygens (including phenoxy) is 1. The summed E-state index contributed by atoms with van der Waals surface area (Å²) < 4.78 is 45.8. The maximum absolute atomic E-state index is 14.0. The predicted octanol–water partition coefficient (Wildman–Crippen LogP) is 3.59. The highest BCUT2D eigenvalue weighted by Gasteiger charge is 2.37. The van der Waals surface area contributed by atoms with E-state index in [4.69, 9.17) is 9.15 Å². The second kappa shape index (κ2) is 6.00. The van der Waals surface area contributed by atoms with Crippen molar-refractivity contribution in [1.82, 2.24) is 0 Å². The smallest absolute Gasteiger partial charge is 0.308 e. The molecule has 2 heterocycles. The van der Waals surface area contributed by atoms with Gasteiger partial charge >= 0.3 is 5.97 Å². The number of esters is 1. The standard InChI is InChI=1S/C15H16FNO6S/c1-9(18)22-14-12(19)13(10-5-2-3-6-11(10)16)23-15(14)17-7-4-8-24(17,20)21/h2-3,5-6,19-21H,4,7-8H2,1H3. The van der Waals surface area contributed by atoms with E-state index < -0.39 is 28.3 Å². The van der Waals surface area contributed by atoms with Crippen molar-refractivity contribution in [2.75, 3.05) is 16.6 Å². The average molecular weight is 357 g/mol. The Balaban J connectivity index is 2.16. The fraction of sp³-hybridized carbons (Fsp3) is 0.267. The third-order valence-corrected chi connectivity index (χ3v) is 5.44. The molecule has 0 atom stereocenters. The third-order valence-electron chi connectivity index (χ3n) is 3.55. The van der Waals surface area contributed by atoms with E-state index in [1.54, 1.807) is 6.07 Å². The molecule has 0 spiro atoms. The third kappa shape index (κ3) is 2.81. The second-order valence-electron chi connectivity index (χ2n) is 5.28. The zero-order valence-corrected chi connectivity index (χ0v) is 13.5. The molecule has 9 heteroatoms. The number of benzene rings is 1. The number of hydrogen-bond donors (Lipinski definition) is 3. The van der Waals surface area contributed by atoms with Gasteiger partial charge in [-0.2, -0.15) is 0 Å². The average Bonchev–Trinajstić information content (AvgIpc) is 3.00. The van der Waals surface area contributed by atoms with Gasteiger partial charge in [0.1, 0.15) is 5.82 Å². The normalized spacial score (nSPS) is 17.8. The van der Waals surface area contributed by atoms with Crippen LogP contribution in [0.2, 0.25) is 0 Å². The van der Waals surface area contributed by atoms with Crippen molar-refractivity contribution in [3.8, 4) is 22.8 Å². The zero-order chi connectivity index (χ0) is 17.5. The fourth-order valence-corrected chi connectivity index (χ4v) is 4.06. The number of halogens is 1. The van der Waals surface area contributed by atoms with Crippen LogP contribution in [-0.2, 0) is 4.79 Å². The molecule has 7 nitrogen and oxygen atoms in total. The molecular weight excluding hydrogens is 341 g/mol. The molecule has 2 aromatic rings. The Labute approximate surface area is 138 Å². The summed E-state index contributed by atoms with van der Waals surface area (Å²) in [5.41, 5.74) is -0.0367. The Hall–Kier alpha value is -2.23. The maximum atomic E-state index is 14.0. The number of aromatic hydroxyl groups is 1. The number of hydrogen-bond acceptors (Lipinski definition) is 7. The van der Waals surface area contributed by atoms with E-state index >= 15 is 0 Å². The molecular formula is C15H16FNO6S. The van der Waals surface area contributed by atoms with E-state index in [1.165, 1.54) is 18.2 Å². The molecule has 3 N–H and O–H groups in total. The number of furan rings is 1. The molecule has 24 heavy (non-hydrogen) atoms. The van der Waals surface area contributed by atoms with Gasteiger partial charge in [0.15, 0.2) is 5.76 Å². The SMILES string of the molecule is CC(=O)Oc1c(N2CCCS2(O)O)oc(-c2ccccc2F)c1O. The highest BCUT2D eigenvalue weighted by molar-refractivity contribution is 8.25. The van der Waals surface area contributed by atoms with Crippen LogP contribution in [0.1, 0.15) is 13.3 Å². The quantitative estimate of drug-likeness (QED) is 0.721. The van der Waals surface area contributed by atoms with Crippen molar-refractivity contribution in [2.24, 2.45) is 0 Å². The fourth-order valence-electron chi connectivity index (χ4n) is 2.52. The molecule has 0 bridgehead atoms. The molecule has 0 aliphatic carbocycles. The van der Waals surface area contributed by atoms with E-state index in [0.29, 0.717) is 6.42 Å². The molecule has 1 aliphatic rings. The summed E-state index contributed by atoms with van der Waals surface area (Å²) in [7, 11) is -3.15. The Kier molecular flexibility index (Phi) is 4.16. The first-order valence-electron chi connectivity index (χ1n) is 7.14. The van der Waals surface area contributed by atoms with Gasteiger partial charge in [0.2, 0.25) is 11.5 Å². The predicted molar refractivity (Wildman–Crippen MR) is 86.8 cm³/mol. The first-order chi connectivity index (χ1) is 11.3. The highest BCUT2D eigenvalue weighted by atomic mass is 32.3. The molecule has 1 aliphatic heterocycles. The van der Waals surface area contributed by atoms with Gasteiger partial charge in [-0.25, -0.2) is 8.70 Å². The molecule has 0 unspecified atom stereocenters. The van der Waals surface area contributed by atoms with Crippen LogP contribution in [0.5, 0.6) is 11.5 Å². The van der Waals surface area contributed by atoms with Crippen LogP contribution < -0.4 is 9.04 Å². The van der Waals surface area contributed by atoms with Gasteiger partial charge in [-0.3, -0.25) is 13.9 Å². The van der Waals surface area contributed by atoms with Crippen LogP contribution in [0.4, 0.5) is 10.3 Å². The largest absolute Gasteiger partial charge is 0.502 e. The Morgan fingerprint density at radius 3 is 2.67 bits per heavy atom. The molecule has 1 saturated heterocycles. The van der Waals surface area contributed by atoms with Crippen molar-refractivity contribution in [3.05, 3.63) is 30.1 Å². The Bertz CT molecular complexity index is 790. The molecule has 1 fully saturated rings. The lowest BCUT2D eigenvalue weighted by molar-refractivity contribution is -0.132. The summed E-state index contributed by atoms with van der Waals surface area (Å²) in [6, 6.07) is 5.60. The van der Waals surface area contributed by atoms with Crippen molar-refractivity contribution < 1.29 is 32.6 Å². The van der Waals surface area contributed by atoms with Crippen LogP contribution in [0.15, 0.2) is 28.7 Å². The minimum atomic E-state index is -3.15. The van der Waals surface area contributed by atoms with E-state index in [2.05, 4.69) is 0 Å². The number of anilines is 1. The van der Waals surface area contributed by atoms with Gasteiger partial charge in [0, 0.05) is 13.5 Å². The van der Waals surface area contributed by atoms with Crippen LogP contribution in [0.3, 0.4) is 0 Å². The summed E-state index contributed by atoms with van der Waals surface area (Å²) in [5.74, 6) is -2.64. The lowest BCUT2D eigenvalue weighted by Crippen LogP contribution is -2.22. The van der Waals surface area contributed by atoms with Gasteiger partial charge in [0.05, 0.1) is 11.3 Å². The lowest BCUT2D eigenvalue weighted by atomic mass is 10.1. The summed E-state index contributed by atoms with van der Waals surface area (Å²) in [4.78, 5) is 11.3. The van der Waals surface area contributed by atoms with Crippen molar-refractivity contribution >= 4 is 22.6 Å². The number of nitrogens with zero attached hydrogens (tertiary/aromatic N) is 1. The Morgan fingerprint density at radius 2 is 2.08 bits per heavy atom. The van der Waals surface area contributed by atoms with E-state index in [9.17, 15) is 23.4 Å². The Morgan fingerprint density at radius 1 is 1.38 bits per heavy atom. The molecule has 0 amide bonds. The van der Waals surface area contributed by atoms with Gasteiger partial charge < -0.3 is 14.3 Å². The van der Waals surface area contributed by atoms with Crippen molar-refractivity contribution in [1.29, 1.82) is 0 Å². The van der Waals surface area contributed by atoms with Crippen LogP contribution in [0.25, 0.3) is 11.3 Å². The number of carbonyl (C=O) groups excluding carboxylic acids is 1. The first-order valence-corrected chi connectivity index (χ1v) is 8.81. The maximum Gasteiger partial charge on any atom is 0.308 e. The molecule has 0 radical (unpaired) electrons. The summed E-state index contributed by atoms with van der Waals surface area (Å²) in [5, 5.41) is 10.3.